The Bertz CT molecular complexity index is 1770. The number of rotatable bonds is 18. The van der Waals surface area contributed by atoms with Crippen LogP contribution in [0.5, 0.6) is 23.0 Å². The van der Waals surface area contributed by atoms with Gasteiger partial charge in [0.1, 0.15) is 23.0 Å². The van der Waals surface area contributed by atoms with Crippen LogP contribution < -0.4 is 18.9 Å². The zero-order chi connectivity index (χ0) is 36.9. The van der Waals surface area contributed by atoms with Crippen molar-refractivity contribution in [2.75, 3.05) is 26.4 Å². The predicted octanol–water partition coefficient (Wildman–Crippen LogP) is 8.03. The third-order valence-corrected chi connectivity index (χ3v) is 8.31. The molecule has 0 heterocycles. The first-order valence-electron chi connectivity index (χ1n) is 17.0. The third-order valence-electron chi connectivity index (χ3n) is 8.31. The Kier molecular flexibility index (Phi) is 13.0. The van der Waals surface area contributed by atoms with Crippen molar-refractivity contribution in [1.29, 1.82) is 0 Å². The largest absolute Gasteiger partial charge is 0.494 e. The molecule has 0 saturated carbocycles. The molecular weight excluding hydrogens is 664 g/mol. The lowest BCUT2D eigenvalue weighted by molar-refractivity contribution is -0.138. The van der Waals surface area contributed by atoms with Crippen LogP contribution in [0.3, 0.4) is 0 Å². The summed E-state index contributed by atoms with van der Waals surface area (Å²) >= 11 is 0. The van der Waals surface area contributed by atoms with E-state index >= 15 is 0 Å². The molecule has 10 nitrogen and oxygen atoms in total. The minimum atomic E-state index is -0.490. The first-order chi connectivity index (χ1) is 25.2. The Balaban J connectivity index is 1.10. The number of carbonyl (C=O) groups excluding carboxylic acids is 4. The summed E-state index contributed by atoms with van der Waals surface area (Å²) < 4.78 is 32.8. The van der Waals surface area contributed by atoms with Gasteiger partial charge < -0.3 is 28.4 Å². The van der Waals surface area contributed by atoms with Crippen LogP contribution in [0.2, 0.25) is 0 Å². The van der Waals surface area contributed by atoms with Gasteiger partial charge in [-0.25, -0.2) is 19.2 Å². The summed E-state index contributed by atoms with van der Waals surface area (Å²) in [7, 11) is 0. The van der Waals surface area contributed by atoms with Gasteiger partial charge in [-0.3, -0.25) is 0 Å². The second-order valence-electron chi connectivity index (χ2n) is 11.9. The molecule has 0 saturated heterocycles. The van der Waals surface area contributed by atoms with E-state index in [1.807, 2.05) is 24.3 Å². The summed E-state index contributed by atoms with van der Waals surface area (Å²) in [5.41, 5.74) is 4.81. The van der Waals surface area contributed by atoms with Crippen LogP contribution in [0.25, 0.3) is 11.1 Å². The Morgan fingerprint density at radius 2 is 0.904 bits per heavy atom. The molecule has 0 bridgehead atoms. The second-order valence-corrected chi connectivity index (χ2v) is 11.9. The second kappa shape index (κ2) is 18.2. The molecule has 0 radical (unpaired) electrons. The maximum absolute atomic E-state index is 12.9. The fraction of sp³-hybridized carbons (Fsp3) is 0.238. The van der Waals surface area contributed by atoms with E-state index in [2.05, 4.69) is 20.1 Å². The Hall–Kier alpha value is -6.16. The van der Waals surface area contributed by atoms with Gasteiger partial charge in [-0.15, -0.1) is 0 Å². The van der Waals surface area contributed by atoms with Gasteiger partial charge in [0.05, 0.1) is 37.6 Å². The fourth-order valence-corrected chi connectivity index (χ4v) is 5.54. The topological polar surface area (TPSA) is 124 Å². The zero-order valence-electron chi connectivity index (χ0n) is 29.0. The summed E-state index contributed by atoms with van der Waals surface area (Å²) in [4.78, 5) is 48.0. The van der Waals surface area contributed by atoms with E-state index in [0.717, 1.165) is 34.4 Å². The van der Waals surface area contributed by atoms with Gasteiger partial charge in [0.15, 0.2) is 0 Å². The van der Waals surface area contributed by atoms with Crippen molar-refractivity contribution in [3.63, 3.8) is 0 Å². The molecule has 10 heteroatoms. The minimum Gasteiger partial charge on any atom is -0.494 e. The molecule has 0 atom stereocenters. The van der Waals surface area contributed by atoms with Crippen molar-refractivity contribution in [3.8, 4) is 34.1 Å². The van der Waals surface area contributed by atoms with Gasteiger partial charge >= 0.3 is 23.9 Å². The average molecular weight is 705 g/mol. The van der Waals surface area contributed by atoms with Crippen LogP contribution in [-0.2, 0) is 19.1 Å². The SMILES string of the molecule is C=CC(=O)OCCCCOc1ccc(C(=O)Oc2ccc3c(c2)C(C)c2cc(OC(=O)c4ccc(OCCCCOC(=O)C=C)cc4)ccc2-3)cc1. The number of carbonyl (C=O) groups is 4. The first-order valence-corrected chi connectivity index (χ1v) is 17.0. The molecule has 1 aliphatic rings. The molecule has 0 fully saturated rings. The van der Waals surface area contributed by atoms with Crippen molar-refractivity contribution >= 4 is 23.9 Å². The van der Waals surface area contributed by atoms with Crippen molar-refractivity contribution in [3.05, 3.63) is 132 Å². The van der Waals surface area contributed by atoms with Gasteiger partial charge in [0.2, 0.25) is 0 Å². The van der Waals surface area contributed by atoms with Gasteiger partial charge in [-0.2, -0.15) is 0 Å². The molecule has 1 aliphatic carbocycles. The highest BCUT2D eigenvalue weighted by molar-refractivity contribution is 5.92. The first kappa shape index (κ1) is 37.1. The highest BCUT2D eigenvalue weighted by Gasteiger charge is 2.27. The van der Waals surface area contributed by atoms with Crippen LogP contribution >= 0.6 is 0 Å². The summed E-state index contributed by atoms with van der Waals surface area (Å²) in [5.74, 6) is 0.188. The van der Waals surface area contributed by atoms with E-state index in [1.165, 1.54) is 0 Å². The van der Waals surface area contributed by atoms with Crippen molar-refractivity contribution in [2.24, 2.45) is 0 Å². The van der Waals surface area contributed by atoms with E-state index in [4.69, 9.17) is 28.4 Å². The van der Waals surface area contributed by atoms with E-state index < -0.39 is 23.9 Å². The van der Waals surface area contributed by atoms with Crippen LogP contribution in [0.1, 0.15) is 70.4 Å². The monoisotopic (exact) mass is 704 g/mol. The third kappa shape index (κ3) is 9.97. The molecule has 0 spiro atoms. The van der Waals surface area contributed by atoms with Crippen LogP contribution in [0.4, 0.5) is 0 Å². The normalized spacial score (nSPS) is 11.4. The standard InChI is InChI=1S/C42H40O10/c1-4-39(43)49-24-8-6-22-47-31-14-10-29(11-15-31)41(45)51-33-18-20-35-36-21-19-34(27-38(36)28(3)37(35)26-33)52-42(46)30-12-16-32(17-13-30)48-23-7-9-25-50-40(44)5-2/h4-5,10-21,26-28H,1-2,6-9,22-25H2,3H3. The van der Waals surface area contributed by atoms with E-state index in [9.17, 15) is 19.2 Å². The Morgan fingerprint density at radius 1 is 0.538 bits per heavy atom. The minimum absolute atomic E-state index is 0.0294. The Morgan fingerprint density at radius 3 is 1.29 bits per heavy atom. The molecule has 0 aliphatic heterocycles. The lowest BCUT2D eigenvalue weighted by Gasteiger charge is -2.11. The van der Waals surface area contributed by atoms with Gasteiger partial charge in [0, 0.05) is 18.1 Å². The summed E-state index contributed by atoms with van der Waals surface area (Å²) in [6.45, 7) is 10.3. The van der Waals surface area contributed by atoms with Gasteiger partial charge in [-0.1, -0.05) is 32.2 Å². The molecule has 268 valence electrons. The van der Waals surface area contributed by atoms with Crippen LogP contribution in [-0.4, -0.2) is 50.3 Å². The zero-order valence-corrected chi connectivity index (χ0v) is 29.0. The maximum atomic E-state index is 12.9. The quantitative estimate of drug-likeness (QED) is 0.0435. The van der Waals surface area contributed by atoms with Crippen molar-refractivity contribution in [1.82, 2.24) is 0 Å². The molecule has 5 rings (SSSR count). The molecular formula is C42H40O10. The lowest BCUT2D eigenvalue weighted by atomic mass is 9.99. The van der Waals surface area contributed by atoms with Crippen molar-refractivity contribution in [2.45, 2.75) is 38.5 Å². The maximum Gasteiger partial charge on any atom is 0.343 e. The average Bonchev–Trinajstić information content (AvgIpc) is 3.44. The van der Waals surface area contributed by atoms with Crippen molar-refractivity contribution < 1.29 is 47.6 Å². The number of benzene rings is 4. The van der Waals surface area contributed by atoms with E-state index in [1.54, 1.807) is 60.7 Å². The number of hydrogen-bond acceptors (Lipinski definition) is 10. The summed E-state index contributed by atoms with van der Waals surface area (Å²) in [6, 6.07) is 24.6. The van der Waals surface area contributed by atoms with Crippen LogP contribution in [0.15, 0.2) is 110 Å². The molecule has 0 unspecified atom stereocenters. The van der Waals surface area contributed by atoms with E-state index in [0.29, 0.717) is 86.2 Å². The van der Waals surface area contributed by atoms with Gasteiger partial charge in [-0.05, 0) is 121 Å². The lowest BCUT2D eigenvalue weighted by Crippen LogP contribution is -2.09. The number of hydrogen-bond donors (Lipinski definition) is 0. The molecule has 0 aromatic heterocycles. The number of esters is 4. The summed E-state index contributed by atoms with van der Waals surface area (Å²) in [6.07, 6.45) is 5.00. The number of fused-ring (bicyclic) bond motifs is 3. The Labute approximate surface area is 302 Å². The molecule has 0 amide bonds. The predicted molar refractivity (Wildman–Crippen MR) is 194 cm³/mol. The highest BCUT2D eigenvalue weighted by Crippen LogP contribution is 2.47. The summed E-state index contributed by atoms with van der Waals surface area (Å²) in [5, 5.41) is 0. The smallest absolute Gasteiger partial charge is 0.343 e. The molecule has 0 N–H and O–H groups in total. The highest BCUT2D eigenvalue weighted by atomic mass is 16.5. The number of unbranched alkanes of at least 4 members (excludes halogenated alkanes) is 2. The van der Waals surface area contributed by atoms with Crippen LogP contribution in [0, 0.1) is 0 Å². The fourth-order valence-electron chi connectivity index (χ4n) is 5.54. The van der Waals surface area contributed by atoms with Gasteiger partial charge in [0.25, 0.3) is 0 Å². The molecule has 4 aromatic carbocycles. The van der Waals surface area contributed by atoms with E-state index in [-0.39, 0.29) is 5.92 Å². The molecule has 4 aromatic rings. The number of ether oxygens (including phenoxy) is 6. The molecule has 52 heavy (non-hydrogen) atoms.